The summed E-state index contributed by atoms with van der Waals surface area (Å²) in [6.45, 7) is 7.83. The maximum absolute atomic E-state index is 12.1. The standard InChI is InChI=1S/C26H28BrN5O3/c1-5-17(35-25(33)32-26(2,3)4)14-34-18-8-15(11-29-12-18)23-10-19-20-9-16(27)6-7-22(20)30-13-21(19)24(28)31-23/h6-13,17H,5,14H2,1-4H3,(H2,28,31)(H,32,33)/t17-/m1/s1. The molecule has 1 aromatic carbocycles. The van der Waals surface area contributed by atoms with E-state index in [0.29, 0.717) is 23.7 Å². The van der Waals surface area contributed by atoms with Crippen LogP contribution in [-0.2, 0) is 4.74 Å². The van der Waals surface area contributed by atoms with Crippen LogP contribution in [0.25, 0.3) is 32.9 Å². The van der Waals surface area contributed by atoms with Gasteiger partial charge in [0.1, 0.15) is 24.3 Å². The third-order valence-corrected chi connectivity index (χ3v) is 5.81. The number of rotatable bonds is 6. The van der Waals surface area contributed by atoms with E-state index in [1.165, 1.54) is 0 Å². The van der Waals surface area contributed by atoms with Gasteiger partial charge in [0.25, 0.3) is 0 Å². The van der Waals surface area contributed by atoms with Crippen LogP contribution in [0, 0.1) is 0 Å². The van der Waals surface area contributed by atoms with Crippen molar-refractivity contribution in [3.63, 3.8) is 0 Å². The van der Waals surface area contributed by atoms with Gasteiger partial charge in [-0.05, 0) is 62.9 Å². The summed E-state index contributed by atoms with van der Waals surface area (Å²) in [5, 5.41) is 5.51. The number of halogens is 1. The molecule has 35 heavy (non-hydrogen) atoms. The first-order valence-corrected chi connectivity index (χ1v) is 12.1. The summed E-state index contributed by atoms with van der Waals surface area (Å²) in [5.41, 5.74) is 8.23. The number of aromatic nitrogens is 3. The summed E-state index contributed by atoms with van der Waals surface area (Å²) in [5.74, 6) is 0.936. The zero-order valence-corrected chi connectivity index (χ0v) is 21.7. The molecular formula is C26H28BrN5O3. The molecule has 182 valence electrons. The second kappa shape index (κ2) is 10.0. The first kappa shape index (κ1) is 24.7. The maximum atomic E-state index is 12.1. The van der Waals surface area contributed by atoms with Crippen molar-refractivity contribution >= 4 is 49.5 Å². The number of amides is 1. The van der Waals surface area contributed by atoms with Crippen LogP contribution in [0.4, 0.5) is 10.6 Å². The van der Waals surface area contributed by atoms with E-state index in [4.69, 9.17) is 15.2 Å². The highest BCUT2D eigenvalue weighted by Crippen LogP contribution is 2.32. The zero-order chi connectivity index (χ0) is 25.2. The lowest BCUT2D eigenvalue weighted by molar-refractivity contribution is 0.0586. The third-order valence-electron chi connectivity index (χ3n) is 5.32. The number of anilines is 1. The minimum Gasteiger partial charge on any atom is -0.488 e. The molecule has 8 nitrogen and oxygen atoms in total. The summed E-state index contributed by atoms with van der Waals surface area (Å²) < 4.78 is 12.4. The number of hydrogen-bond donors (Lipinski definition) is 2. The average molecular weight is 538 g/mol. The van der Waals surface area contributed by atoms with Crippen LogP contribution < -0.4 is 15.8 Å². The van der Waals surface area contributed by atoms with Crippen LogP contribution >= 0.6 is 15.9 Å². The van der Waals surface area contributed by atoms with Gasteiger partial charge in [-0.1, -0.05) is 22.9 Å². The maximum Gasteiger partial charge on any atom is 0.407 e. The van der Waals surface area contributed by atoms with E-state index in [0.717, 1.165) is 31.7 Å². The molecule has 3 heterocycles. The highest BCUT2D eigenvalue weighted by molar-refractivity contribution is 9.10. The van der Waals surface area contributed by atoms with Gasteiger partial charge in [-0.25, -0.2) is 9.78 Å². The molecule has 0 aliphatic carbocycles. The average Bonchev–Trinajstić information content (AvgIpc) is 2.80. The Morgan fingerprint density at radius 2 is 1.91 bits per heavy atom. The Kier molecular flexibility index (Phi) is 7.07. The number of nitrogens with one attached hydrogen (secondary N) is 1. The van der Waals surface area contributed by atoms with Gasteiger partial charge in [-0.2, -0.15) is 0 Å². The smallest absolute Gasteiger partial charge is 0.407 e. The van der Waals surface area contributed by atoms with Gasteiger partial charge in [0.15, 0.2) is 0 Å². The number of alkyl carbamates (subject to hydrolysis) is 1. The van der Waals surface area contributed by atoms with Crippen LogP contribution in [0.2, 0.25) is 0 Å². The zero-order valence-electron chi connectivity index (χ0n) is 20.1. The van der Waals surface area contributed by atoms with Gasteiger partial charge < -0.3 is 20.5 Å². The van der Waals surface area contributed by atoms with Gasteiger partial charge in [-0.3, -0.25) is 9.97 Å². The Morgan fingerprint density at radius 1 is 1.11 bits per heavy atom. The Bertz CT molecular complexity index is 1390. The summed E-state index contributed by atoms with van der Waals surface area (Å²) in [4.78, 5) is 25.5. The van der Waals surface area contributed by atoms with Crippen LogP contribution in [0.1, 0.15) is 34.1 Å². The van der Waals surface area contributed by atoms with E-state index >= 15 is 0 Å². The lowest BCUT2D eigenvalue weighted by Crippen LogP contribution is -2.43. The molecule has 0 fully saturated rings. The quantitative estimate of drug-likeness (QED) is 0.295. The second-order valence-corrected chi connectivity index (χ2v) is 10.2. The lowest BCUT2D eigenvalue weighted by Gasteiger charge is -2.23. The first-order chi connectivity index (χ1) is 16.6. The van der Waals surface area contributed by atoms with Crippen molar-refractivity contribution in [2.24, 2.45) is 0 Å². The molecule has 0 aliphatic rings. The molecule has 4 aromatic rings. The molecule has 0 spiro atoms. The Morgan fingerprint density at radius 3 is 2.66 bits per heavy atom. The normalized spacial score (nSPS) is 12.5. The Hall–Kier alpha value is -3.46. The number of pyridine rings is 3. The van der Waals surface area contributed by atoms with Gasteiger partial charge >= 0.3 is 6.09 Å². The summed E-state index contributed by atoms with van der Waals surface area (Å²) in [6, 6.07) is 9.77. The van der Waals surface area contributed by atoms with Gasteiger partial charge in [0, 0.05) is 38.7 Å². The fourth-order valence-electron chi connectivity index (χ4n) is 3.60. The third kappa shape index (κ3) is 5.97. The minimum absolute atomic E-state index is 0.205. The van der Waals surface area contributed by atoms with E-state index in [9.17, 15) is 4.79 Å². The van der Waals surface area contributed by atoms with E-state index < -0.39 is 12.2 Å². The molecule has 4 rings (SSSR count). The number of carbonyl (C=O) groups is 1. The van der Waals surface area contributed by atoms with E-state index in [-0.39, 0.29) is 12.1 Å². The molecule has 0 aliphatic heterocycles. The molecule has 0 saturated carbocycles. The van der Waals surface area contributed by atoms with Crippen molar-refractivity contribution in [3.8, 4) is 17.0 Å². The molecular weight excluding hydrogens is 510 g/mol. The van der Waals surface area contributed by atoms with Crippen molar-refractivity contribution in [2.75, 3.05) is 12.3 Å². The lowest BCUT2D eigenvalue weighted by atomic mass is 10.0. The molecule has 3 N–H and O–H groups in total. The minimum atomic E-state index is -0.469. The predicted octanol–water partition coefficient (Wildman–Crippen LogP) is 5.87. The SMILES string of the molecule is CC[C@H](COc1cncc(-c2cc3c(cnc4ccc(Br)cc43)c(N)n2)c1)OC(=O)NC(C)(C)C. The Balaban J connectivity index is 1.57. The van der Waals surface area contributed by atoms with E-state index in [2.05, 4.69) is 36.2 Å². The van der Waals surface area contributed by atoms with Gasteiger partial charge in [-0.15, -0.1) is 0 Å². The summed E-state index contributed by atoms with van der Waals surface area (Å²) >= 11 is 3.54. The Labute approximate surface area is 212 Å². The highest BCUT2D eigenvalue weighted by atomic mass is 79.9. The second-order valence-electron chi connectivity index (χ2n) is 9.30. The van der Waals surface area contributed by atoms with Crippen molar-refractivity contribution in [1.82, 2.24) is 20.3 Å². The van der Waals surface area contributed by atoms with Crippen molar-refractivity contribution < 1.29 is 14.3 Å². The molecule has 0 radical (unpaired) electrons. The number of nitrogens with zero attached hydrogens (tertiary/aromatic N) is 3. The number of benzene rings is 1. The van der Waals surface area contributed by atoms with E-state index in [1.807, 2.05) is 58.0 Å². The van der Waals surface area contributed by atoms with Crippen LogP contribution in [0.5, 0.6) is 5.75 Å². The number of fused-ring (bicyclic) bond motifs is 3. The molecule has 1 amide bonds. The topological polar surface area (TPSA) is 112 Å². The van der Waals surface area contributed by atoms with Crippen LogP contribution in [-0.4, -0.2) is 39.3 Å². The number of nitrogens with two attached hydrogens (primary N) is 1. The monoisotopic (exact) mass is 537 g/mol. The number of carbonyl (C=O) groups excluding carboxylic acids is 1. The fourth-order valence-corrected chi connectivity index (χ4v) is 3.96. The number of ether oxygens (including phenoxy) is 2. The summed E-state index contributed by atoms with van der Waals surface area (Å²) in [6.07, 6.45) is 4.83. The largest absolute Gasteiger partial charge is 0.488 e. The molecule has 0 unspecified atom stereocenters. The van der Waals surface area contributed by atoms with Crippen molar-refractivity contribution in [2.45, 2.75) is 45.8 Å². The molecule has 0 saturated heterocycles. The molecule has 0 bridgehead atoms. The first-order valence-electron chi connectivity index (χ1n) is 11.3. The molecule has 9 heteroatoms. The molecule has 3 aromatic heterocycles. The predicted molar refractivity (Wildman–Crippen MR) is 141 cm³/mol. The number of nitrogen functional groups attached to an aromatic ring is 1. The summed E-state index contributed by atoms with van der Waals surface area (Å²) in [7, 11) is 0. The fraction of sp³-hybridized carbons (Fsp3) is 0.308. The number of hydrogen-bond acceptors (Lipinski definition) is 7. The molecule has 1 atom stereocenters. The highest BCUT2D eigenvalue weighted by Gasteiger charge is 2.19. The van der Waals surface area contributed by atoms with Crippen molar-refractivity contribution in [3.05, 3.63) is 53.4 Å². The van der Waals surface area contributed by atoms with Crippen molar-refractivity contribution in [1.29, 1.82) is 0 Å². The van der Waals surface area contributed by atoms with Gasteiger partial charge in [0.05, 0.1) is 17.4 Å². The van der Waals surface area contributed by atoms with Crippen LogP contribution in [0.15, 0.2) is 53.4 Å². The van der Waals surface area contributed by atoms with E-state index in [1.54, 1.807) is 18.6 Å². The van der Waals surface area contributed by atoms with Gasteiger partial charge in [0.2, 0.25) is 0 Å². The van der Waals surface area contributed by atoms with Crippen LogP contribution in [0.3, 0.4) is 0 Å².